The number of likely N-dealkylation sites (tertiary alicyclic amines) is 1. The van der Waals surface area contributed by atoms with Gasteiger partial charge in [-0.05, 0) is 61.9 Å². The van der Waals surface area contributed by atoms with Gasteiger partial charge < -0.3 is 14.7 Å². The zero-order chi connectivity index (χ0) is 14.4. The highest BCUT2D eigenvalue weighted by Crippen LogP contribution is 2.63. The number of nitrogens with zero attached hydrogens (tertiary/aromatic N) is 1. The molecule has 3 heteroatoms. The molecule has 1 saturated heterocycles. The number of aliphatic hydroxyl groups excluding tert-OH is 1. The van der Waals surface area contributed by atoms with Crippen molar-refractivity contribution >= 4 is 0 Å². The number of fused-ring (bicyclic) bond motifs is 2. The second-order valence-electron chi connectivity index (χ2n) is 8.29. The van der Waals surface area contributed by atoms with Crippen LogP contribution in [0.1, 0.15) is 52.9 Å². The van der Waals surface area contributed by atoms with Crippen molar-refractivity contribution in [2.45, 2.75) is 65.1 Å². The predicted molar refractivity (Wildman–Crippen MR) is 80.6 cm³/mol. The van der Waals surface area contributed by atoms with Gasteiger partial charge in [0.05, 0.1) is 18.8 Å². The molecule has 1 N–H and O–H groups in total. The van der Waals surface area contributed by atoms with E-state index in [9.17, 15) is 5.11 Å². The molecule has 1 heterocycles. The van der Waals surface area contributed by atoms with Crippen molar-refractivity contribution in [1.82, 2.24) is 4.90 Å². The Labute approximate surface area is 123 Å². The maximum atomic E-state index is 10.2. The third kappa shape index (κ3) is 2.53. The van der Waals surface area contributed by atoms with Gasteiger partial charge in [-0.1, -0.05) is 20.8 Å². The van der Waals surface area contributed by atoms with Gasteiger partial charge in [0.2, 0.25) is 0 Å². The van der Waals surface area contributed by atoms with E-state index in [4.69, 9.17) is 4.74 Å². The van der Waals surface area contributed by atoms with Gasteiger partial charge in [-0.15, -0.1) is 0 Å². The molecule has 0 amide bonds. The number of hydrogen-bond acceptors (Lipinski definition) is 3. The van der Waals surface area contributed by atoms with E-state index in [1.165, 1.54) is 32.1 Å². The van der Waals surface area contributed by atoms with Crippen molar-refractivity contribution in [3.8, 4) is 0 Å². The fourth-order valence-corrected chi connectivity index (χ4v) is 5.20. The largest absolute Gasteiger partial charge is 0.389 e. The normalized spacial score (nSPS) is 41.4. The molecule has 3 aliphatic rings. The van der Waals surface area contributed by atoms with Crippen LogP contribution in [0.2, 0.25) is 0 Å². The Kier molecular flexibility index (Phi) is 3.89. The molecule has 0 aromatic heterocycles. The summed E-state index contributed by atoms with van der Waals surface area (Å²) in [5.41, 5.74) is 0.627. The van der Waals surface area contributed by atoms with Crippen molar-refractivity contribution in [2.24, 2.45) is 16.7 Å². The Balaban J connectivity index is 1.52. The predicted octanol–water partition coefficient (Wildman–Crippen LogP) is 2.67. The van der Waals surface area contributed by atoms with Gasteiger partial charge in [0.25, 0.3) is 0 Å². The summed E-state index contributed by atoms with van der Waals surface area (Å²) in [6, 6.07) is 0. The minimum Gasteiger partial charge on any atom is -0.389 e. The van der Waals surface area contributed by atoms with E-state index in [-0.39, 0.29) is 11.5 Å². The first-order chi connectivity index (χ1) is 9.42. The van der Waals surface area contributed by atoms with Crippen LogP contribution in [-0.2, 0) is 4.74 Å². The molecule has 1 aliphatic heterocycles. The van der Waals surface area contributed by atoms with Crippen molar-refractivity contribution in [3.05, 3.63) is 0 Å². The quantitative estimate of drug-likeness (QED) is 0.841. The third-order valence-electron chi connectivity index (χ3n) is 6.26. The Morgan fingerprint density at radius 1 is 1.25 bits per heavy atom. The van der Waals surface area contributed by atoms with Crippen LogP contribution in [0.3, 0.4) is 0 Å². The zero-order valence-electron chi connectivity index (χ0n) is 13.4. The van der Waals surface area contributed by atoms with Crippen molar-refractivity contribution in [2.75, 3.05) is 26.2 Å². The summed E-state index contributed by atoms with van der Waals surface area (Å²) in [5, 5.41) is 10.2. The van der Waals surface area contributed by atoms with Crippen LogP contribution in [-0.4, -0.2) is 48.5 Å². The minimum absolute atomic E-state index is 0.278. The molecular weight excluding hydrogens is 250 g/mol. The van der Waals surface area contributed by atoms with Crippen LogP contribution in [0.4, 0.5) is 0 Å². The molecule has 4 atom stereocenters. The van der Waals surface area contributed by atoms with E-state index in [0.717, 1.165) is 25.6 Å². The Morgan fingerprint density at radius 3 is 2.55 bits per heavy atom. The standard InChI is InChI=1S/C17H31NO2/c1-16(2)13-6-7-17(3,10-13)15(16)20-12-14(19)11-18-8-4-5-9-18/h13-15,19H,4-12H2,1-3H3/t13-,14+,15+,17+/m0/s1. The molecule has 3 nitrogen and oxygen atoms in total. The molecule has 0 unspecified atom stereocenters. The minimum atomic E-state index is -0.327. The fraction of sp³-hybridized carbons (Fsp3) is 1.00. The van der Waals surface area contributed by atoms with Gasteiger partial charge >= 0.3 is 0 Å². The van der Waals surface area contributed by atoms with E-state index in [2.05, 4.69) is 25.7 Å². The highest BCUT2D eigenvalue weighted by atomic mass is 16.5. The number of aliphatic hydroxyl groups is 1. The molecule has 20 heavy (non-hydrogen) atoms. The lowest BCUT2D eigenvalue weighted by Crippen LogP contribution is -2.44. The average Bonchev–Trinajstić information content (AvgIpc) is 3.02. The first-order valence-corrected chi connectivity index (χ1v) is 8.44. The molecule has 0 radical (unpaired) electrons. The SMILES string of the molecule is CC1(C)[C@H]2CC[C@](C)(C2)[C@@H]1OC[C@H](O)CN1CCCC1. The number of hydrogen-bond donors (Lipinski definition) is 1. The first kappa shape index (κ1) is 14.8. The van der Waals surface area contributed by atoms with Crippen LogP contribution >= 0.6 is 0 Å². The summed E-state index contributed by atoms with van der Waals surface area (Å²) in [5.74, 6) is 0.813. The van der Waals surface area contributed by atoms with E-state index in [1.807, 2.05) is 0 Å². The van der Waals surface area contributed by atoms with E-state index in [0.29, 0.717) is 18.1 Å². The van der Waals surface area contributed by atoms with Crippen molar-refractivity contribution in [1.29, 1.82) is 0 Å². The second kappa shape index (κ2) is 5.26. The molecule has 3 fully saturated rings. The fourth-order valence-electron chi connectivity index (χ4n) is 5.20. The maximum Gasteiger partial charge on any atom is 0.0900 e. The van der Waals surface area contributed by atoms with Crippen LogP contribution in [0.15, 0.2) is 0 Å². The van der Waals surface area contributed by atoms with E-state index in [1.54, 1.807) is 0 Å². The summed E-state index contributed by atoms with van der Waals surface area (Å²) in [6.45, 7) is 10.7. The Bertz CT molecular complexity index is 346. The smallest absolute Gasteiger partial charge is 0.0900 e. The summed E-state index contributed by atoms with van der Waals surface area (Å²) in [4.78, 5) is 2.36. The van der Waals surface area contributed by atoms with Gasteiger partial charge in [0.15, 0.2) is 0 Å². The molecule has 2 saturated carbocycles. The monoisotopic (exact) mass is 281 g/mol. The van der Waals surface area contributed by atoms with E-state index < -0.39 is 0 Å². The Hall–Kier alpha value is -0.120. The van der Waals surface area contributed by atoms with Crippen LogP contribution in [0.5, 0.6) is 0 Å². The molecule has 0 aromatic carbocycles. The number of ether oxygens (including phenoxy) is 1. The van der Waals surface area contributed by atoms with Gasteiger partial charge in [-0.2, -0.15) is 0 Å². The highest BCUT2D eigenvalue weighted by molar-refractivity contribution is 5.09. The van der Waals surface area contributed by atoms with Crippen molar-refractivity contribution < 1.29 is 9.84 Å². The molecule has 3 rings (SSSR count). The van der Waals surface area contributed by atoms with Crippen LogP contribution in [0.25, 0.3) is 0 Å². The lowest BCUT2D eigenvalue weighted by Gasteiger charge is -2.42. The topological polar surface area (TPSA) is 32.7 Å². The molecule has 2 aliphatic carbocycles. The van der Waals surface area contributed by atoms with Gasteiger partial charge in [-0.3, -0.25) is 0 Å². The molecule has 0 aromatic rings. The molecular formula is C17H31NO2. The van der Waals surface area contributed by atoms with Gasteiger partial charge in [-0.25, -0.2) is 0 Å². The van der Waals surface area contributed by atoms with E-state index >= 15 is 0 Å². The number of β-amino-alcohol motifs (C(OH)–C–C–N with tert-alkyl or cyclic N) is 1. The second-order valence-corrected chi connectivity index (χ2v) is 8.29. The average molecular weight is 281 g/mol. The summed E-state index contributed by atoms with van der Waals surface area (Å²) < 4.78 is 6.25. The lowest BCUT2D eigenvalue weighted by atomic mass is 9.70. The number of rotatable bonds is 5. The summed E-state index contributed by atoms with van der Waals surface area (Å²) in [6.07, 6.45) is 6.53. The van der Waals surface area contributed by atoms with Gasteiger partial charge in [0.1, 0.15) is 0 Å². The third-order valence-corrected chi connectivity index (χ3v) is 6.26. The van der Waals surface area contributed by atoms with Crippen molar-refractivity contribution in [3.63, 3.8) is 0 Å². The van der Waals surface area contributed by atoms with Crippen LogP contribution in [0, 0.1) is 16.7 Å². The Morgan fingerprint density at radius 2 is 1.95 bits per heavy atom. The lowest BCUT2D eigenvalue weighted by molar-refractivity contribution is -0.113. The zero-order valence-corrected chi connectivity index (χ0v) is 13.4. The first-order valence-electron chi connectivity index (χ1n) is 8.44. The maximum absolute atomic E-state index is 10.2. The van der Waals surface area contributed by atoms with Gasteiger partial charge in [0, 0.05) is 6.54 Å². The highest BCUT2D eigenvalue weighted by Gasteiger charge is 2.60. The summed E-state index contributed by atoms with van der Waals surface area (Å²) in [7, 11) is 0. The summed E-state index contributed by atoms with van der Waals surface area (Å²) >= 11 is 0. The van der Waals surface area contributed by atoms with Crippen LogP contribution < -0.4 is 0 Å². The molecule has 2 bridgehead atoms. The molecule has 116 valence electrons. The molecule has 0 spiro atoms.